The van der Waals surface area contributed by atoms with E-state index in [0.29, 0.717) is 0 Å². The minimum Gasteiger partial charge on any atom is -0.543 e. The summed E-state index contributed by atoms with van der Waals surface area (Å²) in [5.74, 6) is -4.37. The number of hydrogen-bond acceptors (Lipinski definition) is 5. The molecular formula is C2H4ClNO4Sr. The fourth-order valence-electron chi connectivity index (χ4n) is 0. The van der Waals surface area contributed by atoms with Crippen LogP contribution in [0.1, 0.15) is 0 Å². The summed E-state index contributed by atoms with van der Waals surface area (Å²) < 4.78 is 0. The van der Waals surface area contributed by atoms with Gasteiger partial charge in [0.15, 0.2) is 0 Å². The maximum atomic E-state index is 8.93. The fraction of sp³-hybridized carbons (Fsp3) is 0. The molecule has 5 nitrogen and oxygen atoms in total. The van der Waals surface area contributed by atoms with E-state index in [1.165, 1.54) is 0 Å². The van der Waals surface area contributed by atoms with Crippen molar-refractivity contribution in [3.8, 4) is 0 Å². The molecule has 0 radical (unpaired) electrons. The summed E-state index contributed by atoms with van der Waals surface area (Å²) in [5.41, 5.74) is 0. The van der Waals surface area contributed by atoms with Gasteiger partial charge in [-0.15, -0.1) is 12.4 Å². The molecule has 9 heavy (non-hydrogen) atoms. The Kier molecular flexibility index (Phi) is 28.8. The van der Waals surface area contributed by atoms with E-state index in [1.807, 2.05) is 0 Å². The molecule has 7 heteroatoms. The van der Waals surface area contributed by atoms with Crippen LogP contribution in [0.4, 0.5) is 0 Å². The Morgan fingerprint density at radius 3 is 1.11 bits per heavy atom. The van der Waals surface area contributed by atoms with E-state index in [4.69, 9.17) is 19.8 Å². The third-order valence-electron chi connectivity index (χ3n) is 0.167. The largest absolute Gasteiger partial charge is 2.00 e. The minimum absolute atomic E-state index is 0. The molecule has 0 saturated heterocycles. The van der Waals surface area contributed by atoms with Crippen LogP contribution < -0.4 is 16.4 Å². The third kappa shape index (κ3) is 17.7. The van der Waals surface area contributed by atoms with Crippen LogP contribution in [-0.2, 0) is 9.59 Å². The summed E-state index contributed by atoms with van der Waals surface area (Å²) in [6, 6.07) is 0. The average molecular weight is 229 g/mol. The summed E-state index contributed by atoms with van der Waals surface area (Å²) in [7, 11) is 0. The van der Waals surface area contributed by atoms with Gasteiger partial charge in [0.05, 0.1) is 11.9 Å². The SMILES string of the molecule is Cl.N.O=C([O-])C(=O)[O-].[Sr+2]. The normalized spacial score (nSPS) is 4.89. The average Bonchev–Trinajstić information content (AvgIpc) is 1.36. The predicted octanol–water partition coefficient (Wildman–Crippen LogP) is -3.31. The Hall–Kier alpha value is 0.671. The summed E-state index contributed by atoms with van der Waals surface area (Å²) in [6.45, 7) is 0. The Balaban J connectivity index is -0.0000000417. The van der Waals surface area contributed by atoms with Gasteiger partial charge >= 0.3 is 45.5 Å². The zero-order chi connectivity index (χ0) is 5.15. The minimum atomic E-state index is -2.19. The molecule has 0 aromatic carbocycles. The maximum absolute atomic E-state index is 8.93. The van der Waals surface area contributed by atoms with Crippen LogP contribution >= 0.6 is 12.4 Å². The van der Waals surface area contributed by atoms with E-state index >= 15 is 0 Å². The van der Waals surface area contributed by atoms with Gasteiger partial charge in [0.1, 0.15) is 0 Å². The molecule has 0 unspecified atom stereocenters. The monoisotopic (exact) mass is 229 g/mol. The molecule has 0 fully saturated rings. The second-order valence-electron chi connectivity index (χ2n) is 0.575. The molecule has 0 saturated carbocycles. The van der Waals surface area contributed by atoms with Crippen molar-refractivity contribution in [1.29, 1.82) is 0 Å². The summed E-state index contributed by atoms with van der Waals surface area (Å²) >= 11 is 0. The zero-order valence-corrected chi connectivity index (χ0v) is 8.75. The van der Waals surface area contributed by atoms with Crippen molar-refractivity contribution in [3.05, 3.63) is 0 Å². The van der Waals surface area contributed by atoms with Crippen molar-refractivity contribution in [1.82, 2.24) is 6.15 Å². The molecule has 50 valence electrons. The van der Waals surface area contributed by atoms with Gasteiger partial charge in [-0.1, -0.05) is 0 Å². The first-order valence-corrected chi connectivity index (χ1v) is 1.07. The van der Waals surface area contributed by atoms with E-state index in [0.717, 1.165) is 0 Å². The topological polar surface area (TPSA) is 115 Å². The van der Waals surface area contributed by atoms with Gasteiger partial charge in [0.25, 0.3) is 0 Å². The molecule has 0 atom stereocenters. The first-order chi connectivity index (χ1) is 2.64. The first-order valence-electron chi connectivity index (χ1n) is 1.07. The van der Waals surface area contributed by atoms with E-state index in [2.05, 4.69) is 0 Å². The molecule has 0 bridgehead atoms. The van der Waals surface area contributed by atoms with Gasteiger partial charge in [-0.25, -0.2) is 0 Å². The van der Waals surface area contributed by atoms with Crippen LogP contribution in [0, 0.1) is 0 Å². The number of halogens is 1. The smallest absolute Gasteiger partial charge is 0.543 e. The van der Waals surface area contributed by atoms with Gasteiger partial charge in [-0.3, -0.25) is 0 Å². The molecule has 0 aromatic heterocycles. The van der Waals surface area contributed by atoms with Crippen LogP contribution in [0.15, 0.2) is 0 Å². The van der Waals surface area contributed by atoms with Gasteiger partial charge in [-0.2, -0.15) is 0 Å². The number of aliphatic carboxylic acids is 2. The molecule has 0 aromatic rings. The van der Waals surface area contributed by atoms with Crippen molar-refractivity contribution < 1.29 is 19.8 Å². The molecule has 0 rings (SSSR count). The summed E-state index contributed by atoms with van der Waals surface area (Å²) in [5, 5.41) is 17.9. The van der Waals surface area contributed by atoms with Crippen molar-refractivity contribution in [2.75, 3.05) is 0 Å². The number of hydrogen-bond donors (Lipinski definition) is 1. The van der Waals surface area contributed by atoms with Crippen LogP contribution in [0.2, 0.25) is 0 Å². The Bertz CT molecular complexity index is 84.6. The van der Waals surface area contributed by atoms with Gasteiger partial charge < -0.3 is 26.0 Å². The number of carboxylic acids is 2. The Labute approximate surface area is 94.7 Å². The Morgan fingerprint density at radius 2 is 1.11 bits per heavy atom. The quantitative estimate of drug-likeness (QED) is 0.345. The first kappa shape index (κ1) is 22.6. The number of carbonyl (C=O) groups is 2. The van der Waals surface area contributed by atoms with Crippen LogP contribution in [-0.4, -0.2) is 57.4 Å². The van der Waals surface area contributed by atoms with E-state index < -0.39 is 11.9 Å². The number of carbonyl (C=O) groups excluding carboxylic acids is 2. The van der Waals surface area contributed by atoms with Crippen LogP contribution in [0.5, 0.6) is 0 Å². The predicted molar refractivity (Wildman–Crippen MR) is 28.0 cm³/mol. The molecule has 0 heterocycles. The van der Waals surface area contributed by atoms with E-state index in [9.17, 15) is 0 Å². The van der Waals surface area contributed by atoms with Crippen LogP contribution in [0.3, 0.4) is 0 Å². The van der Waals surface area contributed by atoms with Crippen LogP contribution in [0.25, 0.3) is 0 Å². The molecule has 0 amide bonds. The van der Waals surface area contributed by atoms with Gasteiger partial charge in [-0.05, 0) is 0 Å². The van der Waals surface area contributed by atoms with Crippen molar-refractivity contribution >= 4 is 69.8 Å². The van der Waals surface area contributed by atoms with Crippen molar-refractivity contribution in [3.63, 3.8) is 0 Å². The van der Waals surface area contributed by atoms with Crippen molar-refractivity contribution in [2.24, 2.45) is 0 Å². The van der Waals surface area contributed by atoms with Crippen molar-refractivity contribution in [2.45, 2.75) is 0 Å². The second kappa shape index (κ2) is 11.5. The second-order valence-corrected chi connectivity index (χ2v) is 0.575. The molecule has 0 aliphatic carbocycles. The van der Waals surface area contributed by atoms with Gasteiger partial charge in [0.2, 0.25) is 0 Å². The molecule has 0 spiro atoms. The number of carboxylic acid groups (broad SMARTS) is 2. The molecule has 3 N–H and O–H groups in total. The fourth-order valence-corrected chi connectivity index (χ4v) is 0. The van der Waals surface area contributed by atoms with Gasteiger partial charge in [0, 0.05) is 0 Å². The molecule has 0 aliphatic heterocycles. The summed E-state index contributed by atoms with van der Waals surface area (Å²) in [6.07, 6.45) is 0. The molecular weight excluding hydrogens is 225 g/mol. The maximum Gasteiger partial charge on any atom is 2.00 e. The summed E-state index contributed by atoms with van der Waals surface area (Å²) in [4.78, 5) is 17.9. The number of rotatable bonds is 0. The van der Waals surface area contributed by atoms with E-state index in [-0.39, 0.29) is 64.0 Å². The standard InChI is InChI=1S/C2H2O4.ClH.H3N.Sr/c3-1(4)2(5)6;;;/h(H,3,4)(H,5,6);1H;1H3;/q;;;+2/p-2. The zero-order valence-electron chi connectivity index (χ0n) is 4.46. The third-order valence-corrected chi connectivity index (χ3v) is 0.167. The Morgan fingerprint density at radius 1 is 1.00 bits per heavy atom. The molecule has 0 aliphatic rings. The van der Waals surface area contributed by atoms with E-state index in [1.54, 1.807) is 0 Å².